The van der Waals surface area contributed by atoms with Crippen LogP contribution in [0.5, 0.6) is 0 Å². The first kappa shape index (κ1) is 59.0. The van der Waals surface area contributed by atoms with Crippen LogP contribution in [0.25, 0.3) is 11.4 Å². The van der Waals surface area contributed by atoms with Gasteiger partial charge in [-0.15, -0.1) is 0 Å². The number of ether oxygens (including phenoxy) is 10. The first-order valence-electron chi connectivity index (χ1n) is 25.5. The minimum Gasteiger partial charge on any atom is -0.460 e. The summed E-state index contributed by atoms with van der Waals surface area (Å²) in [6.45, 7) is 12.6. The average Bonchev–Trinajstić information content (AvgIpc) is 3.34. The van der Waals surface area contributed by atoms with Crippen LogP contribution in [-0.4, -0.2) is 141 Å². The molecule has 0 fully saturated rings. The van der Waals surface area contributed by atoms with E-state index in [0.717, 1.165) is 26.1 Å². The molecular weight excluding hydrogens is 845 g/mol. The summed E-state index contributed by atoms with van der Waals surface area (Å²) in [4.78, 5) is 34.1. The Hall–Kier alpha value is -3.08. The molecule has 2 aromatic rings. The maximum Gasteiger partial charge on any atom is 0.338 e. The lowest BCUT2D eigenvalue weighted by Gasteiger charge is -2.09. The fraction of sp³-hybridized carbons (Fsp3) is 0.769. The molecule has 0 saturated heterocycles. The summed E-state index contributed by atoms with van der Waals surface area (Å²) >= 11 is 0. The maximum absolute atomic E-state index is 12.7. The van der Waals surface area contributed by atoms with Crippen molar-refractivity contribution >= 4 is 11.9 Å². The van der Waals surface area contributed by atoms with Crippen LogP contribution < -0.4 is 0 Å². The Morgan fingerprint density at radius 1 is 0.333 bits per heavy atom. The number of hydrogen-bond acceptors (Lipinski definition) is 14. The SMILES string of the molecule is CCCCCCCCCCCCOCCOCCOCCOCCOC(=O)c1ccnc(-c2cc(C(=O)OCCOCCOCCOCCOCCCCCCCCCCCC)ccn2)c1. The van der Waals surface area contributed by atoms with Gasteiger partial charge in [0, 0.05) is 25.6 Å². The largest absolute Gasteiger partial charge is 0.460 e. The third-order valence-electron chi connectivity index (χ3n) is 10.7. The number of carbonyl (C=O) groups excluding carboxylic acids is 2. The van der Waals surface area contributed by atoms with Gasteiger partial charge in [-0.05, 0) is 37.1 Å². The van der Waals surface area contributed by atoms with Crippen molar-refractivity contribution < 1.29 is 57.0 Å². The number of aromatic nitrogens is 2. The normalized spacial score (nSPS) is 11.4. The molecule has 2 aromatic heterocycles. The predicted molar refractivity (Wildman–Crippen MR) is 258 cm³/mol. The second kappa shape index (κ2) is 45.7. The minimum atomic E-state index is -0.521. The van der Waals surface area contributed by atoms with Gasteiger partial charge >= 0.3 is 11.9 Å². The fourth-order valence-corrected chi connectivity index (χ4v) is 6.86. The minimum absolute atomic E-state index is 0.0831. The van der Waals surface area contributed by atoms with Crippen molar-refractivity contribution in [2.45, 2.75) is 142 Å². The van der Waals surface area contributed by atoms with Crippen molar-refractivity contribution in [2.24, 2.45) is 0 Å². The van der Waals surface area contributed by atoms with E-state index in [0.29, 0.717) is 102 Å². The molecule has 0 N–H and O–H groups in total. The molecule has 2 rings (SSSR count). The molecule has 0 aliphatic rings. The average molecular weight is 933 g/mol. The van der Waals surface area contributed by atoms with E-state index in [2.05, 4.69) is 23.8 Å². The lowest BCUT2D eigenvalue weighted by atomic mass is 10.1. The number of esters is 2. The molecule has 0 aliphatic carbocycles. The summed E-state index contributed by atoms with van der Waals surface area (Å²) in [7, 11) is 0. The summed E-state index contributed by atoms with van der Waals surface area (Å²) in [5, 5.41) is 0. The van der Waals surface area contributed by atoms with Crippen molar-refractivity contribution in [3.05, 3.63) is 47.8 Å². The monoisotopic (exact) mass is 933 g/mol. The molecule has 378 valence electrons. The van der Waals surface area contributed by atoms with Gasteiger partial charge in [0.25, 0.3) is 0 Å². The number of unbranched alkanes of at least 4 members (excludes halogenated alkanes) is 18. The zero-order valence-corrected chi connectivity index (χ0v) is 41.1. The molecule has 0 aliphatic heterocycles. The Kier molecular flexibility index (Phi) is 40.9. The van der Waals surface area contributed by atoms with Crippen LogP contribution in [0.15, 0.2) is 36.7 Å². The highest BCUT2D eigenvalue weighted by Gasteiger charge is 2.13. The van der Waals surface area contributed by atoms with E-state index in [-0.39, 0.29) is 26.4 Å². The van der Waals surface area contributed by atoms with E-state index in [4.69, 9.17) is 47.4 Å². The molecule has 14 nitrogen and oxygen atoms in total. The zero-order chi connectivity index (χ0) is 47.1. The van der Waals surface area contributed by atoms with Gasteiger partial charge in [0.2, 0.25) is 0 Å². The van der Waals surface area contributed by atoms with Gasteiger partial charge in [-0.2, -0.15) is 0 Å². The highest BCUT2D eigenvalue weighted by Crippen LogP contribution is 2.18. The van der Waals surface area contributed by atoms with E-state index >= 15 is 0 Å². The van der Waals surface area contributed by atoms with Gasteiger partial charge in [0.05, 0.1) is 115 Å². The van der Waals surface area contributed by atoms with Crippen LogP contribution in [0.2, 0.25) is 0 Å². The first-order valence-corrected chi connectivity index (χ1v) is 25.5. The van der Waals surface area contributed by atoms with Crippen LogP contribution in [0.3, 0.4) is 0 Å². The van der Waals surface area contributed by atoms with E-state index in [9.17, 15) is 9.59 Å². The number of hydrogen-bond donors (Lipinski definition) is 0. The summed E-state index contributed by atoms with van der Waals surface area (Å²) in [6, 6.07) is 6.25. The van der Waals surface area contributed by atoms with Crippen molar-refractivity contribution in [1.29, 1.82) is 0 Å². The fourth-order valence-electron chi connectivity index (χ4n) is 6.86. The van der Waals surface area contributed by atoms with Crippen LogP contribution in [-0.2, 0) is 47.4 Å². The van der Waals surface area contributed by atoms with E-state index in [1.807, 2.05) is 0 Å². The molecule has 0 bridgehead atoms. The number of carbonyl (C=O) groups is 2. The lowest BCUT2D eigenvalue weighted by molar-refractivity contribution is -0.00921. The molecule has 2 heterocycles. The van der Waals surface area contributed by atoms with Crippen molar-refractivity contribution in [2.75, 3.05) is 119 Å². The summed E-state index contributed by atoms with van der Waals surface area (Å²) in [5.74, 6) is -1.04. The van der Waals surface area contributed by atoms with Gasteiger partial charge in [0.15, 0.2) is 0 Å². The lowest BCUT2D eigenvalue weighted by Crippen LogP contribution is -2.15. The second-order valence-corrected chi connectivity index (χ2v) is 16.4. The standard InChI is InChI=1S/C52H88N2O12/c1-3-5-7-9-11-13-15-17-19-21-27-57-29-31-59-33-35-61-37-39-63-41-43-65-51(55)47-23-25-53-49(45-47)50-46-48(24-26-54-50)52(56)66-44-42-64-40-38-62-36-34-60-32-30-58-28-22-20-18-16-14-12-10-8-6-4-2/h23-26,45-46H,3-22,27-44H2,1-2H3. The summed E-state index contributed by atoms with van der Waals surface area (Å²) < 4.78 is 55.4. The molecule has 66 heavy (non-hydrogen) atoms. The Morgan fingerprint density at radius 3 is 0.864 bits per heavy atom. The third-order valence-corrected chi connectivity index (χ3v) is 10.7. The van der Waals surface area contributed by atoms with E-state index in [1.165, 1.54) is 128 Å². The van der Waals surface area contributed by atoms with E-state index < -0.39 is 11.9 Å². The Labute approximate surface area is 398 Å². The van der Waals surface area contributed by atoms with Crippen molar-refractivity contribution in [1.82, 2.24) is 9.97 Å². The molecule has 14 heteroatoms. The zero-order valence-electron chi connectivity index (χ0n) is 41.1. The first-order chi connectivity index (χ1) is 32.7. The third kappa shape index (κ3) is 35.1. The van der Waals surface area contributed by atoms with Gasteiger partial charge in [-0.1, -0.05) is 129 Å². The summed E-state index contributed by atoms with van der Waals surface area (Å²) in [6.07, 6.45) is 29.4. The Morgan fingerprint density at radius 2 is 0.576 bits per heavy atom. The van der Waals surface area contributed by atoms with Crippen LogP contribution in [0.1, 0.15) is 163 Å². The molecule has 0 amide bonds. The van der Waals surface area contributed by atoms with E-state index in [1.54, 1.807) is 24.3 Å². The Bertz CT molecular complexity index is 1300. The van der Waals surface area contributed by atoms with Crippen molar-refractivity contribution in [3.63, 3.8) is 0 Å². The smallest absolute Gasteiger partial charge is 0.338 e. The molecular formula is C52H88N2O12. The molecule has 0 atom stereocenters. The van der Waals surface area contributed by atoms with Crippen LogP contribution in [0.4, 0.5) is 0 Å². The molecule has 0 radical (unpaired) electrons. The molecule has 0 aromatic carbocycles. The van der Waals surface area contributed by atoms with Crippen LogP contribution >= 0.6 is 0 Å². The highest BCUT2D eigenvalue weighted by molar-refractivity contribution is 5.92. The van der Waals surface area contributed by atoms with Crippen LogP contribution in [0, 0.1) is 0 Å². The topological polar surface area (TPSA) is 152 Å². The second-order valence-electron chi connectivity index (χ2n) is 16.4. The number of nitrogens with zero attached hydrogens (tertiary/aromatic N) is 2. The number of pyridine rings is 2. The summed E-state index contributed by atoms with van der Waals surface area (Å²) in [5.41, 5.74) is 1.43. The van der Waals surface area contributed by atoms with Gasteiger partial charge in [-0.25, -0.2) is 9.59 Å². The maximum atomic E-state index is 12.7. The Balaban J connectivity index is 1.40. The molecule has 0 spiro atoms. The van der Waals surface area contributed by atoms with Gasteiger partial charge in [-0.3, -0.25) is 9.97 Å². The van der Waals surface area contributed by atoms with Gasteiger partial charge in [0.1, 0.15) is 13.2 Å². The molecule has 0 saturated carbocycles. The predicted octanol–water partition coefficient (Wildman–Crippen LogP) is 10.4. The molecule has 0 unspecified atom stereocenters. The highest BCUT2D eigenvalue weighted by atomic mass is 16.6. The quantitative estimate of drug-likeness (QED) is 0.0457. The van der Waals surface area contributed by atoms with Gasteiger partial charge < -0.3 is 47.4 Å². The van der Waals surface area contributed by atoms with Crippen molar-refractivity contribution in [3.8, 4) is 11.4 Å². The number of rotatable bonds is 49.